The molecule has 3 nitrogen and oxygen atoms in total. The lowest BCUT2D eigenvalue weighted by atomic mass is 10.0. The Hall–Kier alpha value is -1.32. The zero-order valence-electron chi connectivity index (χ0n) is 11.4. The van der Waals surface area contributed by atoms with Crippen LogP contribution in [0.5, 0.6) is 0 Å². The number of nitrogens with zero attached hydrogens (tertiary/aromatic N) is 2. The van der Waals surface area contributed by atoms with Gasteiger partial charge in [-0.15, -0.1) is 0 Å². The summed E-state index contributed by atoms with van der Waals surface area (Å²) < 4.78 is 1.96. The Labute approximate surface area is 119 Å². The molecule has 1 N–H and O–H groups in total. The molecule has 1 aromatic heterocycles. The number of rotatable bonds is 6. The molecule has 102 valence electrons. The summed E-state index contributed by atoms with van der Waals surface area (Å²) in [5.74, 6) is 0. The summed E-state index contributed by atoms with van der Waals surface area (Å²) in [6.45, 7) is 6.06. The molecule has 19 heavy (non-hydrogen) atoms. The summed E-state index contributed by atoms with van der Waals surface area (Å²) in [6, 6.07) is 8.34. The number of hydrogen-bond acceptors (Lipinski definition) is 2. The molecule has 0 saturated heterocycles. The van der Waals surface area contributed by atoms with Gasteiger partial charge in [0.1, 0.15) is 0 Å². The molecule has 4 heteroatoms. The molecule has 0 fully saturated rings. The van der Waals surface area contributed by atoms with Gasteiger partial charge in [-0.3, -0.25) is 4.68 Å². The molecule has 2 aromatic rings. The van der Waals surface area contributed by atoms with Gasteiger partial charge in [-0.25, -0.2) is 0 Å². The van der Waals surface area contributed by atoms with Gasteiger partial charge in [-0.05, 0) is 37.6 Å². The highest BCUT2D eigenvalue weighted by atomic mass is 35.5. The molecule has 2 rings (SSSR count). The van der Waals surface area contributed by atoms with Crippen molar-refractivity contribution in [3.05, 3.63) is 52.8 Å². The van der Waals surface area contributed by atoms with Gasteiger partial charge < -0.3 is 5.32 Å². The molecular weight excluding hydrogens is 258 g/mol. The lowest BCUT2D eigenvalue weighted by Gasteiger charge is -2.16. The van der Waals surface area contributed by atoms with Crippen molar-refractivity contribution in [3.63, 3.8) is 0 Å². The van der Waals surface area contributed by atoms with Crippen molar-refractivity contribution in [2.24, 2.45) is 0 Å². The predicted molar refractivity (Wildman–Crippen MR) is 79.5 cm³/mol. The second kappa shape index (κ2) is 6.73. The fraction of sp³-hybridized carbons (Fsp3) is 0.400. The van der Waals surface area contributed by atoms with E-state index in [1.165, 1.54) is 11.1 Å². The smallest absolute Gasteiger partial charge is 0.0537 e. The first-order chi connectivity index (χ1) is 9.22. The number of likely N-dealkylation sites (N-methyl/N-ethyl adjacent to an activating group) is 1. The number of nitrogens with one attached hydrogen (secondary N) is 1. The molecule has 0 aliphatic rings. The van der Waals surface area contributed by atoms with Crippen molar-refractivity contribution >= 4 is 11.6 Å². The summed E-state index contributed by atoms with van der Waals surface area (Å²) in [4.78, 5) is 0. The van der Waals surface area contributed by atoms with Crippen LogP contribution < -0.4 is 5.32 Å². The molecule has 0 aliphatic carbocycles. The molecule has 0 amide bonds. The summed E-state index contributed by atoms with van der Waals surface area (Å²) in [6.07, 6.45) is 5.01. The maximum absolute atomic E-state index is 5.92. The fourth-order valence-corrected chi connectivity index (χ4v) is 2.27. The molecule has 1 atom stereocenters. The van der Waals surface area contributed by atoms with Gasteiger partial charge in [0.2, 0.25) is 0 Å². The van der Waals surface area contributed by atoms with Gasteiger partial charge in [-0.2, -0.15) is 5.10 Å². The first-order valence-corrected chi connectivity index (χ1v) is 7.11. The van der Waals surface area contributed by atoms with Crippen molar-refractivity contribution in [2.75, 3.05) is 6.54 Å². The topological polar surface area (TPSA) is 29.9 Å². The molecule has 1 heterocycles. The van der Waals surface area contributed by atoms with E-state index in [0.717, 1.165) is 24.5 Å². The Morgan fingerprint density at radius 1 is 1.26 bits per heavy atom. The van der Waals surface area contributed by atoms with E-state index >= 15 is 0 Å². The molecule has 0 radical (unpaired) electrons. The van der Waals surface area contributed by atoms with Crippen LogP contribution in [-0.2, 0) is 13.0 Å². The van der Waals surface area contributed by atoms with Gasteiger partial charge in [0.15, 0.2) is 0 Å². The molecular formula is C15H20ClN3. The molecule has 0 spiro atoms. The van der Waals surface area contributed by atoms with Gasteiger partial charge in [0.05, 0.1) is 6.20 Å². The largest absolute Gasteiger partial charge is 0.310 e. The number of aromatic nitrogens is 2. The van der Waals surface area contributed by atoms with E-state index < -0.39 is 0 Å². The van der Waals surface area contributed by atoms with E-state index in [4.69, 9.17) is 11.6 Å². The lowest BCUT2D eigenvalue weighted by Crippen LogP contribution is -2.22. The lowest BCUT2D eigenvalue weighted by molar-refractivity contribution is 0.548. The normalized spacial score (nSPS) is 12.6. The van der Waals surface area contributed by atoms with Gasteiger partial charge in [0.25, 0.3) is 0 Å². The maximum Gasteiger partial charge on any atom is 0.0537 e. The van der Waals surface area contributed by atoms with E-state index in [1.807, 2.05) is 23.0 Å². The molecule has 1 aromatic carbocycles. The van der Waals surface area contributed by atoms with Gasteiger partial charge in [0, 0.05) is 29.4 Å². The minimum Gasteiger partial charge on any atom is -0.310 e. The third-order valence-electron chi connectivity index (χ3n) is 3.18. The highest BCUT2D eigenvalue weighted by Crippen LogP contribution is 2.19. The third kappa shape index (κ3) is 3.82. The van der Waals surface area contributed by atoms with Crippen molar-refractivity contribution in [2.45, 2.75) is 32.9 Å². The van der Waals surface area contributed by atoms with Crippen molar-refractivity contribution in [3.8, 4) is 0 Å². The van der Waals surface area contributed by atoms with Crippen LogP contribution in [0.3, 0.4) is 0 Å². The highest BCUT2D eigenvalue weighted by Gasteiger charge is 2.13. The highest BCUT2D eigenvalue weighted by molar-refractivity contribution is 6.30. The Kier molecular flexibility index (Phi) is 5.00. The minimum atomic E-state index is 0.298. The predicted octanol–water partition coefficient (Wildman–Crippen LogP) is 3.45. The Bertz CT molecular complexity index is 504. The molecule has 0 aliphatic heterocycles. The summed E-state index contributed by atoms with van der Waals surface area (Å²) in [7, 11) is 0. The standard InChI is InChI=1S/C15H20ClN3/c1-3-17-15(13-10-18-19(4-2)11-13)9-12-5-7-14(16)8-6-12/h5-8,10-11,15,17H,3-4,9H2,1-2H3. The molecule has 1 unspecified atom stereocenters. The van der Waals surface area contributed by atoms with Crippen molar-refractivity contribution in [1.82, 2.24) is 15.1 Å². The average molecular weight is 278 g/mol. The third-order valence-corrected chi connectivity index (χ3v) is 3.44. The van der Waals surface area contributed by atoms with Crippen LogP contribution >= 0.6 is 11.6 Å². The number of halogens is 1. The van der Waals surface area contributed by atoms with Crippen LogP contribution in [0.25, 0.3) is 0 Å². The SMILES string of the molecule is CCNC(Cc1ccc(Cl)cc1)c1cnn(CC)c1. The zero-order valence-corrected chi connectivity index (χ0v) is 12.2. The molecule has 0 saturated carbocycles. The van der Waals surface area contributed by atoms with E-state index in [-0.39, 0.29) is 0 Å². The van der Waals surface area contributed by atoms with Gasteiger partial charge >= 0.3 is 0 Å². The number of aryl methyl sites for hydroxylation is 1. The zero-order chi connectivity index (χ0) is 13.7. The Morgan fingerprint density at radius 2 is 2.00 bits per heavy atom. The number of benzene rings is 1. The Morgan fingerprint density at radius 3 is 2.58 bits per heavy atom. The monoisotopic (exact) mass is 277 g/mol. The van der Waals surface area contributed by atoms with E-state index in [2.05, 4.69) is 42.6 Å². The van der Waals surface area contributed by atoms with Crippen LogP contribution in [-0.4, -0.2) is 16.3 Å². The van der Waals surface area contributed by atoms with Crippen LogP contribution in [0.2, 0.25) is 5.02 Å². The van der Waals surface area contributed by atoms with Crippen LogP contribution in [0, 0.1) is 0 Å². The first kappa shape index (κ1) is 14.1. The van der Waals surface area contributed by atoms with Crippen LogP contribution in [0.1, 0.15) is 31.0 Å². The maximum atomic E-state index is 5.92. The average Bonchev–Trinajstić information content (AvgIpc) is 2.89. The fourth-order valence-electron chi connectivity index (χ4n) is 2.14. The summed E-state index contributed by atoms with van der Waals surface area (Å²) >= 11 is 5.92. The van der Waals surface area contributed by atoms with Gasteiger partial charge in [-0.1, -0.05) is 30.7 Å². The quantitative estimate of drug-likeness (QED) is 0.876. The minimum absolute atomic E-state index is 0.298. The van der Waals surface area contributed by atoms with E-state index in [9.17, 15) is 0 Å². The van der Waals surface area contributed by atoms with Crippen LogP contribution in [0.15, 0.2) is 36.7 Å². The summed E-state index contributed by atoms with van der Waals surface area (Å²) in [5.41, 5.74) is 2.51. The second-order valence-corrected chi connectivity index (χ2v) is 5.01. The van der Waals surface area contributed by atoms with E-state index in [0.29, 0.717) is 6.04 Å². The van der Waals surface area contributed by atoms with Crippen LogP contribution in [0.4, 0.5) is 0 Å². The van der Waals surface area contributed by atoms with Crippen molar-refractivity contribution in [1.29, 1.82) is 0 Å². The number of hydrogen-bond donors (Lipinski definition) is 1. The molecule has 0 bridgehead atoms. The van der Waals surface area contributed by atoms with E-state index in [1.54, 1.807) is 0 Å². The first-order valence-electron chi connectivity index (χ1n) is 6.73. The second-order valence-electron chi connectivity index (χ2n) is 4.57. The Balaban J connectivity index is 2.13. The van der Waals surface area contributed by atoms with Crippen molar-refractivity contribution < 1.29 is 0 Å². The summed E-state index contributed by atoms with van der Waals surface area (Å²) in [5, 5.41) is 8.64.